The average Bonchev–Trinajstić information content (AvgIpc) is 2.38. The van der Waals surface area contributed by atoms with Crippen LogP contribution in [0.5, 0.6) is 0 Å². The molecule has 19 heavy (non-hydrogen) atoms. The summed E-state index contributed by atoms with van der Waals surface area (Å²) in [5.41, 5.74) is 12.7. The molecule has 5 nitrogen and oxygen atoms in total. The van der Waals surface area contributed by atoms with E-state index in [0.717, 1.165) is 12.0 Å². The van der Waals surface area contributed by atoms with Gasteiger partial charge in [0, 0.05) is 25.1 Å². The van der Waals surface area contributed by atoms with Crippen LogP contribution in [0.4, 0.5) is 5.69 Å². The van der Waals surface area contributed by atoms with Crippen LogP contribution >= 0.6 is 0 Å². The maximum Gasteiger partial charge on any atom is 0.240 e. The van der Waals surface area contributed by atoms with Crippen LogP contribution in [-0.2, 0) is 9.59 Å². The maximum atomic E-state index is 11.7. The van der Waals surface area contributed by atoms with Crippen molar-refractivity contribution in [2.45, 2.75) is 25.3 Å². The zero-order valence-corrected chi connectivity index (χ0v) is 10.9. The number of nitrogen functional groups attached to an aromatic ring is 1. The quantitative estimate of drug-likeness (QED) is 0.765. The lowest BCUT2D eigenvalue weighted by Gasteiger charge is -2.39. The van der Waals surface area contributed by atoms with Crippen molar-refractivity contribution in [1.29, 1.82) is 0 Å². The summed E-state index contributed by atoms with van der Waals surface area (Å²) in [7, 11) is 0. The fourth-order valence-electron chi connectivity index (χ4n) is 2.58. The minimum absolute atomic E-state index is 0.127. The second kappa shape index (κ2) is 5.30. The number of likely N-dealkylation sites (tertiary alicyclic amines) is 1. The molecule has 1 aromatic carbocycles. The van der Waals surface area contributed by atoms with E-state index in [1.807, 2.05) is 18.6 Å². The molecule has 1 aliphatic heterocycles. The molecule has 5 heteroatoms. The zero-order chi connectivity index (χ0) is 14.0. The fourth-order valence-corrected chi connectivity index (χ4v) is 2.58. The van der Waals surface area contributed by atoms with Gasteiger partial charge in [0.1, 0.15) is 6.04 Å². The van der Waals surface area contributed by atoms with Gasteiger partial charge in [0.05, 0.1) is 0 Å². The third kappa shape index (κ3) is 2.70. The first kappa shape index (κ1) is 13.4. The Morgan fingerprint density at radius 2 is 1.89 bits per heavy atom. The first-order valence-corrected chi connectivity index (χ1v) is 6.26. The highest BCUT2D eigenvalue weighted by atomic mass is 16.2. The van der Waals surface area contributed by atoms with Crippen molar-refractivity contribution in [3.8, 4) is 0 Å². The van der Waals surface area contributed by atoms with E-state index in [4.69, 9.17) is 11.5 Å². The molecule has 101 valence electrons. The van der Waals surface area contributed by atoms with Crippen LogP contribution in [0.25, 0.3) is 0 Å². The van der Waals surface area contributed by atoms with Gasteiger partial charge in [-0.05, 0) is 30.5 Å². The number of benzene rings is 1. The van der Waals surface area contributed by atoms with E-state index in [1.165, 1.54) is 6.92 Å². The first-order chi connectivity index (χ1) is 9.00. The molecule has 1 fully saturated rings. The second-order valence-corrected chi connectivity index (χ2v) is 4.78. The summed E-state index contributed by atoms with van der Waals surface area (Å²) in [6.07, 6.45) is 2.79. The van der Waals surface area contributed by atoms with Crippen molar-refractivity contribution in [1.82, 2.24) is 4.90 Å². The molecule has 2 atom stereocenters. The van der Waals surface area contributed by atoms with E-state index < -0.39 is 11.9 Å². The van der Waals surface area contributed by atoms with Gasteiger partial charge < -0.3 is 16.4 Å². The molecule has 1 radical (unpaired) electrons. The third-order valence-electron chi connectivity index (χ3n) is 3.48. The van der Waals surface area contributed by atoms with Gasteiger partial charge in [-0.2, -0.15) is 0 Å². The summed E-state index contributed by atoms with van der Waals surface area (Å²) in [5.74, 6) is -0.777. The summed E-state index contributed by atoms with van der Waals surface area (Å²) in [4.78, 5) is 24.9. The molecule has 1 saturated heterocycles. The lowest BCUT2D eigenvalue weighted by molar-refractivity contribution is -0.139. The summed E-state index contributed by atoms with van der Waals surface area (Å²) < 4.78 is 0. The van der Waals surface area contributed by atoms with Crippen molar-refractivity contribution >= 4 is 17.5 Å². The van der Waals surface area contributed by atoms with E-state index in [-0.39, 0.29) is 11.8 Å². The second-order valence-electron chi connectivity index (χ2n) is 4.78. The zero-order valence-electron chi connectivity index (χ0n) is 10.9. The number of hydrogen-bond acceptors (Lipinski definition) is 3. The number of amides is 2. The smallest absolute Gasteiger partial charge is 0.240 e. The topological polar surface area (TPSA) is 89.4 Å². The van der Waals surface area contributed by atoms with Gasteiger partial charge in [-0.15, -0.1) is 0 Å². The minimum atomic E-state index is -0.616. The van der Waals surface area contributed by atoms with Crippen molar-refractivity contribution in [2.24, 2.45) is 5.73 Å². The van der Waals surface area contributed by atoms with Crippen LogP contribution in [-0.4, -0.2) is 29.3 Å². The molecule has 2 rings (SSSR count). The fraction of sp³-hybridized carbons (Fsp3) is 0.357. The van der Waals surface area contributed by atoms with Gasteiger partial charge >= 0.3 is 0 Å². The van der Waals surface area contributed by atoms with Crippen molar-refractivity contribution in [3.05, 3.63) is 36.2 Å². The monoisotopic (exact) mass is 260 g/mol. The highest BCUT2D eigenvalue weighted by molar-refractivity contribution is 5.87. The van der Waals surface area contributed by atoms with Crippen molar-refractivity contribution in [3.63, 3.8) is 0 Å². The minimum Gasteiger partial charge on any atom is -0.399 e. The van der Waals surface area contributed by atoms with Gasteiger partial charge in [0.15, 0.2) is 0 Å². The molecular formula is C14H18N3O2. The van der Waals surface area contributed by atoms with Crippen LogP contribution in [0, 0.1) is 6.42 Å². The number of carbonyl (C=O) groups excluding carboxylic acids is 2. The largest absolute Gasteiger partial charge is 0.399 e. The van der Waals surface area contributed by atoms with Gasteiger partial charge in [-0.25, -0.2) is 0 Å². The molecule has 0 saturated carbocycles. The molecule has 4 N–H and O–H groups in total. The summed E-state index contributed by atoms with van der Waals surface area (Å²) in [6.45, 7) is 2.00. The van der Waals surface area contributed by atoms with E-state index in [1.54, 1.807) is 17.0 Å². The highest BCUT2D eigenvalue weighted by Gasteiger charge is 2.37. The Hall–Kier alpha value is -2.04. The third-order valence-corrected chi connectivity index (χ3v) is 3.48. The van der Waals surface area contributed by atoms with E-state index in [2.05, 4.69) is 0 Å². The lowest BCUT2D eigenvalue weighted by atomic mass is 9.83. The van der Waals surface area contributed by atoms with Gasteiger partial charge in [-0.3, -0.25) is 9.59 Å². The highest BCUT2D eigenvalue weighted by Crippen LogP contribution is 2.32. The molecule has 0 aliphatic carbocycles. The molecule has 0 bridgehead atoms. The van der Waals surface area contributed by atoms with Crippen LogP contribution < -0.4 is 11.5 Å². The normalized spacial score (nSPS) is 23.1. The standard InChI is InChI=1S/C14H18N3O2/c1-9(18)17-8-2-3-12(13(17)14(16)19)10-4-6-11(15)7-5-10/h3-7,12-13H,2,8,15H2,1H3,(H2,16,19)/t12-,13+/m1/s1. The molecule has 2 amide bonds. The Balaban J connectivity index is 2.33. The Bertz CT molecular complexity index is 484. The number of primary amides is 1. The van der Waals surface area contributed by atoms with E-state index >= 15 is 0 Å². The van der Waals surface area contributed by atoms with E-state index in [0.29, 0.717) is 12.2 Å². The summed E-state index contributed by atoms with van der Waals surface area (Å²) in [6, 6.07) is 6.70. The number of carbonyl (C=O) groups is 2. The number of nitrogens with zero attached hydrogens (tertiary/aromatic N) is 1. The first-order valence-electron chi connectivity index (χ1n) is 6.26. The Morgan fingerprint density at radius 1 is 1.26 bits per heavy atom. The maximum absolute atomic E-state index is 11.7. The molecule has 0 spiro atoms. The van der Waals surface area contributed by atoms with Gasteiger partial charge in [-0.1, -0.05) is 12.1 Å². The van der Waals surface area contributed by atoms with Gasteiger partial charge in [0.2, 0.25) is 11.8 Å². The predicted molar refractivity (Wildman–Crippen MR) is 72.9 cm³/mol. The summed E-state index contributed by atoms with van der Waals surface area (Å²) in [5, 5.41) is 0. The van der Waals surface area contributed by atoms with Crippen LogP contribution in [0.1, 0.15) is 24.8 Å². The number of hydrogen-bond donors (Lipinski definition) is 2. The average molecular weight is 260 g/mol. The number of anilines is 1. The molecule has 0 unspecified atom stereocenters. The van der Waals surface area contributed by atoms with Crippen molar-refractivity contribution in [2.75, 3.05) is 12.3 Å². The van der Waals surface area contributed by atoms with Crippen LogP contribution in [0.3, 0.4) is 0 Å². The predicted octanol–water partition coefficient (Wildman–Crippen LogP) is 0.663. The summed E-state index contributed by atoms with van der Waals surface area (Å²) >= 11 is 0. The Labute approximate surface area is 112 Å². The van der Waals surface area contributed by atoms with Gasteiger partial charge in [0.25, 0.3) is 0 Å². The lowest BCUT2D eigenvalue weighted by Crippen LogP contribution is -2.53. The molecule has 1 aromatic rings. The molecule has 0 aromatic heterocycles. The van der Waals surface area contributed by atoms with Crippen LogP contribution in [0.15, 0.2) is 24.3 Å². The molecular weight excluding hydrogens is 242 g/mol. The number of nitrogens with two attached hydrogens (primary N) is 2. The van der Waals surface area contributed by atoms with Crippen LogP contribution in [0.2, 0.25) is 0 Å². The molecule has 1 heterocycles. The molecule has 1 aliphatic rings. The number of piperidine rings is 1. The Morgan fingerprint density at radius 3 is 2.42 bits per heavy atom. The Kier molecular flexibility index (Phi) is 3.74. The number of rotatable bonds is 2. The van der Waals surface area contributed by atoms with E-state index in [9.17, 15) is 9.59 Å². The van der Waals surface area contributed by atoms with Crippen molar-refractivity contribution < 1.29 is 9.59 Å². The SMILES string of the molecule is CC(=O)N1CC[CH][C@H](c2ccc(N)cc2)[C@H]1C(N)=O.